The molecule has 0 aliphatic rings. The molecule has 0 saturated carbocycles. The zero-order valence-electron chi connectivity index (χ0n) is 10.9. The van der Waals surface area contributed by atoms with Crippen LogP contribution in [0.15, 0.2) is 53.1 Å². The maximum atomic E-state index is 6.18. The van der Waals surface area contributed by atoms with Crippen LogP contribution in [-0.2, 0) is 0 Å². The number of aromatic nitrogens is 1. The van der Waals surface area contributed by atoms with Crippen molar-refractivity contribution in [2.75, 3.05) is 5.73 Å². The molecule has 4 heteroatoms. The number of rotatable bonds is 2. The van der Waals surface area contributed by atoms with Gasteiger partial charge in [-0.1, -0.05) is 59.2 Å². The van der Waals surface area contributed by atoms with Gasteiger partial charge in [-0.2, -0.15) is 0 Å². The van der Waals surface area contributed by atoms with Gasteiger partial charge in [0.1, 0.15) is 5.69 Å². The van der Waals surface area contributed by atoms with E-state index in [1.165, 1.54) is 0 Å². The lowest BCUT2D eigenvalue weighted by Crippen LogP contribution is -1.88. The van der Waals surface area contributed by atoms with Crippen molar-refractivity contribution < 1.29 is 4.52 Å². The first-order valence-electron chi connectivity index (χ1n) is 6.24. The Hall–Kier alpha value is -2.26. The zero-order valence-corrected chi connectivity index (χ0v) is 11.7. The molecule has 0 aliphatic heterocycles. The molecule has 0 spiro atoms. The van der Waals surface area contributed by atoms with Gasteiger partial charge < -0.3 is 10.3 Å². The molecule has 20 heavy (non-hydrogen) atoms. The first-order chi connectivity index (χ1) is 9.66. The lowest BCUT2D eigenvalue weighted by molar-refractivity contribution is 0.439. The fourth-order valence-corrected chi connectivity index (χ4v) is 2.30. The Balaban J connectivity index is 2.18. The Morgan fingerprint density at radius 1 is 1.05 bits per heavy atom. The Bertz CT molecular complexity index is 750. The quantitative estimate of drug-likeness (QED) is 0.751. The second-order valence-electron chi connectivity index (χ2n) is 4.60. The topological polar surface area (TPSA) is 52.0 Å². The fourth-order valence-electron chi connectivity index (χ4n) is 2.12. The van der Waals surface area contributed by atoms with E-state index in [1.54, 1.807) is 0 Å². The molecule has 0 bridgehead atoms. The molecule has 2 N–H and O–H groups in total. The maximum absolute atomic E-state index is 6.18. The van der Waals surface area contributed by atoms with E-state index in [-0.39, 0.29) is 0 Å². The Morgan fingerprint density at radius 3 is 2.50 bits per heavy atom. The van der Waals surface area contributed by atoms with Gasteiger partial charge in [-0.05, 0) is 24.1 Å². The van der Waals surface area contributed by atoms with E-state index < -0.39 is 0 Å². The number of halogens is 1. The van der Waals surface area contributed by atoms with Crippen LogP contribution in [0.2, 0.25) is 5.02 Å². The van der Waals surface area contributed by atoms with Crippen LogP contribution >= 0.6 is 11.6 Å². The first kappa shape index (κ1) is 12.8. The van der Waals surface area contributed by atoms with Crippen LogP contribution in [0.3, 0.4) is 0 Å². The molecule has 3 aromatic rings. The molecular weight excluding hydrogens is 272 g/mol. The third kappa shape index (κ3) is 2.17. The molecule has 1 heterocycles. The predicted octanol–water partition coefficient (Wildman–Crippen LogP) is 4.55. The number of aryl methyl sites for hydroxylation is 1. The third-order valence-electron chi connectivity index (χ3n) is 3.23. The van der Waals surface area contributed by atoms with Crippen molar-refractivity contribution in [3.63, 3.8) is 0 Å². The van der Waals surface area contributed by atoms with Gasteiger partial charge in [-0.15, -0.1) is 0 Å². The molecule has 2 aromatic carbocycles. The number of anilines is 1. The van der Waals surface area contributed by atoms with E-state index in [0.29, 0.717) is 16.6 Å². The van der Waals surface area contributed by atoms with Crippen molar-refractivity contribution in [1.82, 2.24) is 5.16 Å². The summed E-state index contributed by atoms with van der Waals surface area (Å²) in [5.41, 5.74) is 10.3. The van der Waals surface area contributed by atoms with Crippen LogP contribution in [0.25, 0.3) is 22.4 Å². The van der Waals surface area contributed by atoms with Gasteiger partial charge in [0.25, 0.3) is 0 Å². The minimum absolute atomic E-state index is 0.308. The molecule has 0 saturated heterocycles. The summed E-state index contributed by atoms with van der Waals surface area (Å²) in [4.78, 5) is 0. The van der Waals surface area contributed by atoms with Gasteiger partial charge in [0.15, 0.2) is 0 Å². The van der Waals surface area contributed by atoms with Gasteiger partial charge in [-0.25, -0.2) is 0 Å². The van der Waals surface area contributed by atoms with E-state index in [4.69, 9.17) is 21.9 Å². The average Bonchev–Trinajstić information content (AvgIpc) is 2.85. The monoisotopic (exact) mass is 284 g/mol. The molecule has 0 fully saturated rings. The van der Waals surface area contributed by atoms with Crippen LogP contribution in [0.5, 0.6) is 0 Å². The summed E-state index contributed by atoms with van der Waals surface area (Å²) in [5, 5.41) is 4.77. The van der Waals surface area contributed by atoms with Gasteiger partial charge in [-0.3, -0.25) is 0 Å². The smallest absolute Gasteiger partial charge is 0.230 e. The summed E-state index contributed by atoms with van der Waals surface area (Å²) in [6.07, 6.45) is 0. The van der Waals surface area contributed by atoms with E-state index in [2.05, 4.69) is 5.16 Å². The van der Waals surface area contributed by atoms with Crippen LogP contribution in [0, 0.1) is 6.92 Å². The van der Waals surface area contributed by atoms with Gasteiger partial charge in [0.2, 0.25) is 5.88 Å². The number of nitrogen functional groups attached to an aromatic ring is 1. The lowest BCUT2D eigenvalue weighted by Gasteiger charge is -2.04. The van der Waals surface area contributed by atoms with Gasteiger partial charge in [0.05, 0.1) is 5.56 Å². The Labute approximate surface area is 122 Å². The number of nitrogens with two attached hydrogens (primary N) is 1. The first-order valence-corrected chi connectivity index (χ1v) is 6.61. The highest BCUT2D eigenvalue weighted by molar-refractivity contribution is 6.31. The van der Waals surface area contributed by atoms with Crippen molar-refractivity contribution in [2.24, 2.45) is 0 Å². The summed E-state index contributed by atoms with van der Waals surface area (Å²) in [6, 6.07) is 15.6. The van der Waals surface area contributed by atoms with E-state index in [1.807, 2.05) is 55.5 Å². The van der Waals surface area contributed by atoms with Crippen molar-refractivity contribution in [3.05, 3.63) is 59.1 Å². The largest absolute Gasteiger partial charge is 0.367 e. The van der Waals surface area contributed by atoms with Crippen molar-refractivity contribution >= 4 is 17.5 Å². The molecule has 0 aliphatic carbocycles. The van der Waals surface area contributed by atoms with Crippen LogP contribution in [0.4, 0.5) is 5.88 Å². The number of hydrogen-bond donors (Lipinski definition) is 1. The van der Waals surface area contributed by atoms with E-state index >= 15 is 0 Å². The van der Waals surface area contributed by atoms with Gasteiger partial charge in [0, 0.05) is 10.6 Å². The average molecular weight is 285 g/mol. The van der Waals surface area contributed by atoms with Crippen LogP contribution < -0.4 is 5.73 Å². The maximum Gasteiger partial charge on any atom is 0.230 e. The molecule has 1 aromatic heterocycles. The predicted molar refractivity (Wildman–Crippen MR) is 81.5 cm³/mol. The zero-order chi connectivity index (χ0) is 14.1. The molecule has 3 nitrogen and oxygen atoms in total. The Morgan fingerprint density at radius 2 is 1.80 bits per heavy atom. The molecular formula is C16H13ClN2O. The standard InChI is InChI=1S/C16H13ClN2O/c1-10-7-8-12(9-13(10)17)15-14(16(18)20-19-15)11-5-3-2-4-6-11/h2-9H,18H2,1H3. The third-order valence-corrected chi connectivity index (χ3v) is 3.63. The van der Waals surface area contributed by atoms with Crippen molar-refractivity contribution in [3.8, 4) is 22.4 Å². The van der Waals surface area contributed by atoms with E-state index in [0.717, 1.165) is 22.3 Å². The van der Waals surface area contributed by atoms with Gasteiger partial charge >= 0.3 is 0 Å². The lowest BCUT2D eigenvalue weighted by atomic mass is 10.0. The molecule has 100 valence electrons. The summed E-state index contributed by atoms with van der Waals surface area (Å²) >= 11 is 6.18. The summed E-state index contributed by atoms with van der Waals surface area (Å²) < 4.78 is 5.16. The number of benzene rings is 2. The van der Waals surface area contributed by atoms with Crippen molar-refractivity contribution in [1.29, 1.82) is 0 Å². The molecule has 0 amide bonds. The minimum Gasteiger partial charge on any atom is -0.367 e. The minimum atomic E-state index is 0.308. The number of nitrogens with zero attached hydrogens (tertiary/aromatic N) is 1. The SMILES string of the molecule is Cc1ccc(-c2noc(N)c2-c2ccccc2)cc1Cl. The highest BCUT2D eigenvalue weighted by Crippen LogP contribution is 2.37. The second-order valence-corrected chi connectivity index (χ2v) is 5.01. The number of hydrogen-bond acceptors (Lipinski definition) is 3. The Kier molecular flexibility index (Phi) is 3.20. The fraction of sp³-hybridized carbons (Fsp3) is 0.0625. The molecule has 0 radical (unpaired) electrons. The van der Waals surface area contributed by atoms with E-state index in [9.17, 15) is 0 Å². The second kappa shape index (κ2) is 5.02. The summed E-state index contributed by atoms with van der Waals surface area (Å²) in [5.74, 6) is 0.308. The highest BCUT2D eigenvalue weighted by atomic mass is 35.5. The van der Waals surface area contributed by atoms with Crippen LogP contribution in [0.1, 0.15) is 5.56 Å². The molecule has 3 rings (SSSR count). The van der Waals surface area contributed by atoms with Crippen molar-refractivity contribution in [2.45, 2.75) is 6.92 Å². The summed E-state index contributed by atoms with van der Waals surface area (Å²) in [7, 11) is 0. The molecule has 0 unspecified atom stereocenters. The molecule has 0 atom stereocenters. The normalized spacial score (nSPS) is 10.7. The van der Waals surface area contributed by atoms with Crippen LogP contribution in [-0.4, -0.2) is 5.16 Å². The summed E-state index contributed by atoms with van der Waals surface area (Å²) in [6.45, 7) is 1.96. The highest BCUT2D eigenvalue weighted by Gasteiger charge is 2.17.